The standard InChI is InChI=1S/C18H15NO3/c1-21-16-9-8-14(17(11-16)22-2)10-15(12-19)18(20)13-6-4-3-5-7-13/h3-11H,1-2H3/b15-10-. The highest BCUT2D eigenvalue weighted by atomic mass is 16.5. The lowest BCUT2D eigenvalue weighted by Gasteiger charge is -2.08. The van der Waals surface area contributed by atoms with Crippen LogP contribution in [0.15, 0.2) is 54.1 Å². The fraction of sp³-hybridized carbons (Fsp3) is 0.111. The molecule has 0 aliphatic carbocycles. The van der Waals surface area contributed by atoms with E-state index in [2.05, 4.69) is 0 Å². The third-order valence-corrected chi connectivity index (χ3v) is 3.14. The smallest absolute Gasteiger partial charge is 0.203 e. The van der Waals surface area contributed by atoms with Crippen molar-refractivity contribution in [1.29, 1.82) is 5.26 Å². The first-order chi connectivity index (χ1) is 10.7. The maximum atomic E-state index is 12.3. The van der Waals surface area contributed by atoms with E-state index in [4.69, 9.17) is 9.47 Å². The van der Waals surface area contributed by atoms with Gasteiger partial charge in [-0.2, -0.15) is 5.26 Å². The SMILES string of the molecule is COc1ccc(/C=C(/C#N)C(=O)c2ccccc2)c(OC)c1. The Bertz CT molecular complexity index is 743. The quantitative estimate of drug-likeness (QED) is 0.481. The summed E-state index contributed by atoms with van der Waals surface area (Å²) in [6.07, 6.45) is 1.52. The number of rotatable bonds is 5. The molecule has 0 saturated carbocycles. The molecule has 0 spiro atoms. The molecule has 0 unspecified atom stereocenters. The van der Waals surface area contributed by atoms with Crippen LogP contribution in [0.3, 0.4) is 0 Å². The Labute approximate surface area is 129 Å². The van der Waals surface area contributed by atoms with Gasteiger partial charge in [-0.15, -0.1) is 0 Å². The third kappa shape index (κ3) is 3.33. The van der Waals surface area contributed by atoms with E-state index in [1.807, 2.05) is 12.1 Å². The van der Waals surface area contributed by atoms with E-state index in [1.54, 1.807) is 49.6 Å². The maximum Gasteiger partial charge on any atom is 0.203 e. The van der Waals surface area contributed by atoms with E-state index in [0.29, 0.717) is 22.6 Å². The molecule has 0 N–H and O–H groups in total. The van der Waals surface area contributed by atoms with Gasteiger partial charge < -0.3 is 9.47 Å². The van der Waals surface area contributed by atoms with E-state index in [9.17, 15) is 10.1 Å². The highest BCUT2D eigenvalue weighted by Gasteiger charge is 2.13. The normalized spacial score (nSPS) is 10.7. The van der Waals surface area contributed by atoms with Crippen LogP contribution in [0.1, 0.15) is 15.9 Å². The maximum absolute atomic E-state index is 12.3. The molecule has 2 rings (SSSR count). The molecule has 2 aromatic rings. The number of nitriles is 1. The minimum atomic E-state index is -0.319. The van der Waals surface area contributed by atoms with Crippen LogP contribution in [-0.2, 0) is 0 Å². The molecular formula is C18H15NO3. The van der Waals surface area contributed by atoms with Crippen molar-refractivity contribution < 1.29 is 14.3 Å². The van der Waals surface area contributed by atoms with Gasteiger partial charge >= 0.3 is 0 Å². The fourth-order valence-electron chi connectivity index (χ4n) is 1.99. The third-order valence-electron chi connectivity index (χ3n) is 3.14. The molecule has 0 saturated heterocycles. The van der Waals surface area contributed by atoms with Crippen molar-refractivity contribution in [2.24, 2.45) is 0 Å². The summed E-state index contributed by atoms with van der Waals surface area (Å²) in [5.74, 6) is 0.857. The fourth-order valence-corrected chi connectivity index (χ4v) is 1.99. The van der Waals surface area contributed by atoms with Gasteiger partial charge in [0, 0.05) is 17.2 Å². The summed E-state index contributed by atoms with van der Waals surface area (Å²) in [5.41, 5.74) is 1.17. The Morgan fingerprint density at radius 1 is 1.09 bits per heavy atom. The molecule has 0 aliphatic rings. The first-order valence-corrected chi connectivity index (χ1v) is 6.63. The summed E-state index contributed by atoms with van der Waals surface area (Å²) in [6.45, 7) is 0. The zero-order valence-corrected chi connectivity index (χ0v) is 12.4. The summed E-state index contributed by atoms with van der Waals surface area (Å²) in [6, 6.07) is 15.8. The van der Waals surface area contributed by atoms with Gasteiger partial charge in [-0.05, 0) is 18.2 Å². The van der Waals surface area contributed by atoms with Gasteiger partial charge in [0.25, 0.3) is 0 Å². The number of ether oxygens (including phenoxy) is 2. The Morgan fingerprint density at radius 3 is 2.41 bits per heavy atom. The van der Waals surface area contributed by atoms with Gasteiger partial charge in [0.1, 0.15) is 23.1 Å². The second-order valence-electron chi connectivity index (χ2n) is 4.47. The second kappa shape index (κ2) is 7.09. The Balaban J connectivity index is 2.42. The molecule has 0 atom stereocenters. The highest BCUT2D eigenvalue weighted by molar-refractivity contribution is 6.14. The average molecular weight is 293 g/mol. The van der Waals surface area contributed by atoms with E-state index in [0.717, 1.165) is 0 Å². The highest BCUT2D eigenvalue weighted by Crippen LogP contribution is 2.27. The number of carbonyl (C=O) groups excluding carboxylic acids is 1. The molecule has 0 amide bonds. The Kier molecular flexibility index (Phi) is 4.94. The second-order valence-corrected chi connectivity index (χ2v) is 4.47. The Morgan fingerprint density at radius 2 is 1.82 bits per heavy atom. The molecule has 4 nitrogen and oxygen atoms in total. The molecule has 2 aromatic carbocycles. The van der Waals surface area contributed by atoms with Crippen LogP contribution in [0, 0.1) is 11.3 Å². The summed E-state index contributed by atoms with van der Waals surface area (Å²) < 4.78 is 10.4. The first kappa shape index (κ1) is 15.3. The number of ketones is 1. The lowest BCUT2D eigenvalue weighted by Crippen LogP contribution is -2.01. The van der Waals surface area contributed by atoms with Crippen LogP contribution in [0.25, 0.3) is 6.08 Å². The van der Waals surface area contributed by atoms with Gasteiger partial charge in [0.05, 0.1) is 14.2 Å². The monoisotopic (exact) mass is 293 g/mol. The molecule has 0 fully saturated rings. The summed E-state index contributed by atoms with van der Waals surface area (Å²) in [5, 5.41) is 9.28. The molecule has 110 valence electrons. The number of hydrogen-bond donors (Lipinski definition) is 0. The van der Waals surface area contributed by atoms with Crippen LogP contribution in [0.4, 0.5) is 0 Å². The number of Topliss-reactive ketones (excluding diaryl/α,β-unsaturated/α-hetero) is 1. The molecular weight excluding hydrogens is 278 g/mol. The van der Waals surface area contributed by atoms with Crippen molar-refractivity contribution >= 4 is 11.9 Å². The molecule has 0 bridgehead atoms. The van der Waals surface area contributed by atoms with Crippen molar-refractivity contribution in [3.05, 3.63) is 65.2 Å². The molecule has 0 radical (unpaired) electrons. The first-order valence-electron chi connectivity index (χ1n) is 6.63. The van der Waals surface area contributed by atoms with Crippen LogP contribution in [0.5, 0.6) is 11.5 Å². The summed E-state index contributed by atoms with van der Waals surface area (Å²) >= 11 is 0. The van der Waals surface area contributed by atoms with Gasteiger partial charge in [-0.25, -0.2) is 0 Å². The van der Waals surface area contributed by atoms with Crippen molar-refractivity contribution in [1.82, 2.24) is 0 Å². The van der Waals surface area contributed by atoms with E-state index in [1.165, 1.54) is 13.2 Å². The lowest BCUT2D eigenvalue weighted by molar-refractivity contribution is 0.104. The molecule has 0 aliphatic heterocycles. The van der Waals surface area contributed by atoms with Gasteiger partial charge in [0.15, 0.2) is 0 Å². The summed E-state index contributed by atoms with van der Waals surface area (Å²) in [7, 11) is 3.08. The van der Waals surface area contributed by atoms with Crippen molar-refractivity contribution in [3.8, 4) is 17.6 Å². The predicted molar refractivity (Wildman–Crippen MR) is 83.9 cm³/mol. The molecule has 22 heavy (non-hydrogen) atoms. The summed E-state index contributed by atoms with van der Waals surface area (Å²) in [4.78, 5) is 12.3. The number of carbonyl (C=O) groups is 1. The van der Waals surface area contributed by atoms with E-state index < -0.39 is 0 Å². The topological polar surface area (TPSA) is 59.3 Å². The minimum absolute atomic E-state index is 0.0506. The van der Waals surface area contributed by atoms with Crippen molar-refractivity contribution in [2.75, 3.05) is 14.2 Å². The molecule has 4 heteroatoms. The number of benzene rings is 2. The lowest BCUT2D eigenvalue weighted by atomic mass is 10.0. The zero-order chi connectivity index (χ0) is 15.9. The van der Waals surface area contributed by atoms with Gasteiger partial charge in [-0.3, -0.25) is 4.79 Å². The van der Waals surface area contributed by atoms with Gasteiger partial charge in [-0.1, -0.05) is 30.3 Å². The minimum Gasteiger partial charge on any atom is -0.497 e. The predicted octanol–water partition coefficient (Wildman–Crippen LogP) is 3.49. The van der Waals surface area contributed by atoms with Crippen LogP contribution in [-0.4, -0.2) is 20.0 Å². The zero-order valence-electron chi connectivity index (χ0n) is 12.4. The number of nitrogens with zero attached hydrogens (tertiary/aromatic N) is 1. The largest absolute Gasteiger partial charge is 0.497 e. The van der Waals surface area contributed by atoms with Crippen LogP contribution in [0.2, 0.25) is 0 Å². The number of methoxy groups -OCH3 is 2. The van der Waals surface area contributed by atoms with Crippen molar-refractivity contribution in [2.45, 2.75) is 0 Å². The van der Waals surface area contributed by atoms with E-state index >= 15 is 0 Å². The van der Waals surface area contributed by atoms with Crippen molar-refractivity contribution in [3.63, 3.8) is 0 Å². The Hall–Kier alpha value is -3.06. The average Bonchev–Trinajstić information content (AvgIpc) is 2.59. The molecule has 0 aromatic heterocycles. The van der Waals surface area contributed by atoms with Crippen LogP contribution < -0.4 is 9.47 Å². The van der Waals surface area contributed by atoms with Crippen LogP contribution >= 0.6 is 0 Å². The number of hydrogen-bond acceptors (Lipinski definition) is 4. The molecule has 0 heterocycles. The number of allylic oxidation sites excluding steroid dienone is 1. The van der Waals surface area contributed by atoms with E-state index in [-0.39, 0.29) is 11.4 Å². The van der Waals surface area contributed by atoms with Gasteiger partial charge in [0.2, 0.25) is 5.78 Å².